The van der Waals surface area contributed by atoms with Crippen molar-refractivity contribution in [3.05, 3.63) is 31.0 Å². The summed E-state index contributed by atoms with van der Waals surface area (Å²) in [5.41, 5.74) is 1.93. The summed E-state index contributed by atoms with van der Waals surface area (Å²) < 4.78 is 39.7. The minimum Gasteiger partial charge on any atom is -0.346 e. The zero-order chi connectivity index (χ0) is 25.5. The van der Waals surface area contributed by atoms with E-state index in [0.29, 0.717) is 37.5 Å². The fraction of sp³-hybridized carbons (Fsp3) is 0.522. The third kappa shape index (κ3) is 4.48. The molecule has 3 aromatic rings. The Kier molecular flexibility index (Phi) is 6.07. The maximum absolute atomic E-state index is 12.6. The van der Waals surface area contributed by atoms with Crippen molar-refractivity contribution in [2.75, 3.05) is 39.8 Å². The fourth-order valence-electron chi connectivity index (χ4n) is 5.30. The molecule has 4 heterocycles. The van der Waals surface area contributed by atoms with Crippen LogP contribution in [0.2, 0.25) is 0 Å². The van der Waals surface area contributed by atoms with Gasteiger partial charge in [-0.1, -0.05) is 0 Å². The van der Waals surface area contributed by atoms with Crippen molar-refractivity contribution in [2.24, 2.45) is 0 Å². The van der Waals surface area contributed by atoms with E-state index in [1.807, 2.05) is 23.1 Å². The molecule has 1 saturated carbocycles. The van der Waals surface area contributed by atoms with Gasteiger partial charge in [0.1, 0.15) is 18.5 Å². The molecule has 0 aromatic carbocycles. The molecule has 36 heavy (non-hydrogen) atoms. The second-order valence-corrected chi connectivity index (χ2v) is 9.53. The van der Waals surface area contributed by atoms with Crippen LogP contribution in [0.4, 0.5) is 18.0 Å². The first-order valence-corrected chi connectivity index (χ1v) is 11.7. The molecule has 1 aliphatic heterocycles. The van der Waals surface area contributed by atoms with E-state index >= 15 is 0 Å². The number of aromatic amines is 1. The van der Waals surface area contributed by atoms with Gasteiger partial charge in [-0.25, -0.2) is 14.8 Å². The van der Waals surface area contributed by atoms with Crippen LogP contribution in [0.5, 0.6) is 0 Å². The lowest BCUT2D eigenvalue weighted by Crippen LogP contribution is -2.61. The van der Waals surface area contributed by atoms with Crippen LogP contribution < -0.4 is 0 Å². The van der Waals surface area contributed by atoms with Gasteiger partial charge in [-0.3, -0.25) is 9.58 Å². The minimum absolute atomic E-state index is 0.214. The molecule has 10 nitrogen and oxygen atoms in total. The highest BCUT2D eigenvalue weighted by molar-refractivity contribution is 5.90. The SMILES string of the molecule is CN(CC(F)(F)F)C(=O)N1CCN(C2CC(CC#N)(n3cc(-c4ncnc5[nH]ccc45)cn3)C2)CC1. The molecular weight excluding hydrogens is 475 g/mol. The van der Waals surface area contributed by atoms with E-state index < -0.39 is 24.3 Å². The van der Waals surface area contributed by atoms with Crippen LogP contribution >= 0.6 is 0 Å². The summed E-state index contributed by atoms with van der Waals surface area (Å²) in [6, 6.07) is 3.82. The van der Waals surface area contributed by atoms with Crippen LogP contribution in [-0.4, -0.2) is 97.5 Å². The maximum Gasteiger partial charge on any atom is 0.406 e. The van der Waals surface area contributed by atoms with Gasteiger partial charge >= 0.3 is 12.2 Å². The Morgan fingerprint density at radius 1 is 1.28 bits per heavy atom. The standard InChI is InChI=1S/C23H26F3N9O/c1-32(14-23(24,25)26)21(36)34-8-6-33(7-9-34)17-10-22(11-17,3-4-27)35-13-16(12-31-35)19-18-2-5-28-20(18)30-15-29-19/h2,5,12-13,15,17H,3,6-11,14H2,1H3,(H,28,29,30). The Morgan fingerprint density at radius 3 is 2.72 bits per heavy atom. The number of alkyl halides is 3. The third-order valence-corrected chi connectivity index (χ3v) is 7.18. The van der Waals surface area contributed by atoms with E-state index in [1.54, 1.807) is 6.20 Å². The number of H-pyrrole nitrogens is 1. The van der Waals surface area contributed by atoms with Crippen LogP contribution in [0, 0.1) is 11.3 Å². The van der Waals surface area contributed by atoms with Crippen molar-refractivity contribution < 1.29 is 18.0 Å². The average Bonchev–Trinajstić information content (AvgIpc) is 3.49. The van der Waals surface area contributed by atoms with Crippen molar-refractivity contribution in [3.8, 4) is 17.3 Å². The number of carbonyl (C=O) groups excluding carboxylic acids is 1. The van der Waals surface area contributed by atoms with Crippen LogP contribution in [0.15, 0.2) is 31.0 Å². The summed E-state index contributed by atoms with van der Waals surface area (Å²) in [5.74, 6) is 0. The number of carbonyl (C=O) groups is 1. The van der Waals surface area contributed by atoms with E-state index in [1.165, 1.54) is 18.3 Å². The molecular formula is C23H26F3N9O. The number of hydrogen-bond donors (Lipinski definition) is 1. The normalized spacial score (nSPS) is 22.9. The number of piperazine rings is 1. The largest absolute Gasteiger partial charge is 0.406 e. The van der Waals surface area contributed by atoms with E-state index in [0.717, 1.165) is 35.1 Å². The predicted octanol–water partition coefficient (Wildman–Crippen LogP) is 2.82. The van der Waals surface area contributed by atoms with Crippen LogP contribution in [0.25, 0.3) is 22.3 Å². The van der Waals surface area contributed by atoms with Gasteiger partial charge in [0.2, 0.25) is 0 Å². The van der Waals surface area contributed by atoms with Gasteiger partial charge in [0, 0.05) is 62.6 Å². The number of hydrogen-bond acceptors (Lipinski definition) is 6. The molecule has 0 unspecified atom stereocenters. The predicted molar refractivity (Wildman–Crippen MR) is 124 cm³/mol. The molecule has 2 aliphatic rings. The lowest BCUT2D eigenvalue weighted by Gasteiger charge is -2.52. The van der Waals surface area contributed by atoms with Gasteiger partial charge in [0.25, 0.3) is 0 Å². The third-order valence-electron chi connectivity index (χ3n) is 7.18. The van der Waals surface area contributed by atoms with Gasteiger partial charge in [0.05, 0.1) is 29.9 Å². The molecule has 2 amide bonds. The molecule has 2 fully saturated rings. The van der Waals surface area contributed by atoms with Crippen molar-refractivity contribution in [1.82, 2.24) is 39.4 Å². The molecule has 0 bridgehead atoms. The minimum atomic E-state index is -4.42. The second kappa shape index (κ2) is 9.09. The second-order valence-electron chi connectivity index (χ2n) is 9.53. The highest BCUT2D eigenvalue weighted by Gasteiger charge is 2.49. The smallest absolute Gasteiger partial charge is 0.346 e. The molecule has 1 saturated heterocycles. The molecule has 1 aliphatic carbocycles. The van der Waals surface area contributed by atoms with Crippen molar-refractivity contribution >= 4 is 17.1 Å². The first-order chi connectivity index (χ1) is 17.2. The molecule has 13 heteroatoms. The molecule has 0 radical (unpaired) electrons. The number of nitrogens with zero attached hydrogens (tertiary/aromatic N) is 8. The summed E-state index contributed by atoms with van der Waals surface area (Å²) in [7, 11) is 1.17. The number of amides is 2. The number of urea groups is 1. The number of rotatable bonds is 5. The fourth-order valence-corrected chi connectivity index (χ4v) is 5.30. The van der Waals surface area contributed by atoms with Crippen LogP contribution in [0.3, 0.4) is 0 Å². The Labute approximate surface area is 205 Å². The zero-order valence-electron chi connectivity index (χ0n) is 19.7. The monoisotopic (exact) mass is 501 g/mol. The van der Waals surface area contributed by atoms with Gasteiger partial charge in [0.15, 0.2) is 0 Å². The number of halogens is 3. The van der Waals surface area contributed by atoms with Crippen LogP contribution in [-0.2, 0) is 5.54 Å². The molecule has 0 spiro atoms. The lowest BCUT2D eigenvalue weighted by atomic mass is 9.70. The van der Waals surface area contributed by atoms with Crippen molar-refractivity contribution in [3.63, 3.8) is 0 Å². The number of aromatic nitrogens is 5. The summed E-state index contributed by atoms with van der Waals surface area (Å²) >= 11 is 0. The van der Waals surface area contributed by atoms with Gasteiger partial charge in [-0.2, -0.15) is 23.5 Å². The van der Waals surface area contributed by atoms with E-state index in [9.17, 15) is 23.2 Å². The highest BCUT2D eigenvalue weighted by Crippen LogP contribution is 2.45. The quantitative estimate of drug-likeness (QED) is 0.576. The number of nitrogens with one attached hydrogen (secondary N) is 1. The van der Waals surface area contributed by atoms with E-state index in [-0.39, 0.29) is 6.04 Å². The highest BCUT2D eigenvalue weighted by atomic mass is 19.4. The molecule has 190 valence electrons. The van der Waals surface area contributed by atoms with Crippen LogP contribution in [0.1, 0.15) is 19.3 Å². The van der Waals surface area contributed by atoms with Crippen molar-refractivity contribution in [2.45, 2.75) is 37.0 Å². The summed E-state index contributed by atoms with van der Waals surface area (Å²) in [4.78, 5) is 28.5. The Bertz CT molecular complexity index is 1280. The number of nitriles is 1. The summed E-state index contributed by atoms with van der Waals surface area (Å²) in [6.07, 6.45) is 4.34. The first kappa shape index (κ1) is 24.1. The zero-order valence-corrected chi connectivity index (χ0v) is 19.7. The molecule has 1 N–H and O–H groups in total. The molecule has 3 aromatic heterocycles. The van der Waals surface area contributed by atoms with E-state index in [4.69, 9.17) is 0 Å². The Morgan fingerprint density at radius 2 is 2.03 bits per heavy atom. The Hall–Kier alpha value is -3.66. The first-order valence-electron chi connectivity index (χ1n) is 11.7. The van der Waals surface area contributed by atoms with Gasteiger partial charge < -0.3 is 14.8 Å². The topological polar surface area (TPSA) is 110 Å². The number of fused-ring (bicyclic) bond motifs is 1. The summed E-state index contributed by atoms with van der Waals surface area (Å²) in [5, 5.41) is 15.0. The average molecular weight is 502 g/mol. The van der Waals surface area contributed by atoms with Crippen molar-refractivity contribution in [1.29, 1.82) is 5.26 Å². The molecule has 5 rings (SSSR count). The van der Waals surface area contributed by atoms with Gasteiger partial charge in [-0.15, -0.1) is 0 Å². The van der Waals surface area contributed by atoms with E-state index in [2.05, 4.69) is 31.0 Å². The lowest BCUT2D eigenvalue weighted by molar-refractivity contribution is -0.138. The Balaban J connectivity index is 1.22. The van der Waals surface area contributed by atoms with Gasteiger partial charge in [-0.05, 0) is 18.9 Å². The summed E-state index contributed by atoms with van der Waals surface area (Å²) in [6.45, 7) is 0.636. The maximum atomic E-state index is 12.6. The molecule has 0 atom stereocenters.